The van der Waals surface area contributed by atoms with Crippen molar-refractivity contribution in [2.45, 2.75) is 25.4 Å². The maximum absolute atomic E-state index is 12.9. The van der Waals surface area contributed by atoms with Crippen molar-refractivity contribution in [3.05, 3.63) is 63.9 Å². The number of hydrogen-bond acceptors (Lipinski definition) is 2. The summed E-state index contributed by atoms with van der Waals surface area (Å²) in [5, 5.41) is 10.9. The molecule has 1 N–H and O–H groups in total. The molecule has 0 radical (unpaired) electrons. The maximum atomic E-state index is 12.9. The number of aliphatic hydroxyl groups excluding tert-OH is 1. The Kier molecular flexibility index (Phi) is 4.13. The molecular formula is C17H16ClFO2. The second-order valence-electron chi connectivity index (χ2n) is 5.34. The Morgan fingerprint density at radius 1 is 1.19 bits per heavy atom. The van der Waals surface area contributed by atoms with Crippen molar-refractivity contribution in [1.29, 1.82) is 0 Å². The lowest BCUT2D eigenvalue weighted by atomic mass is 9.99. The first-order valence-electron chi connectivity index (χ1n) is 6.98. The van der Waals surface area contributed by atoms with Gasteiger partial charge in [-0.3, -0.25) is 0 Å². The van der Waals surface area contributed by atoms with Crippen molar-refractivity contribution in [3.63, 3.8) is 0 Å². The van der Waals surface area contributed by atoms with E-state index in [0.717, 1.165) is 28.9 Å². The van der Waals surface area contributed by atoms with Crippen LogP contribution in [0.4, 0.5) is 4.39 Å². The van der Waals surface area contributed by atoms with Gasteiger partial charge in [0.1, 0.15) is 11.6 Å². The predicted molar refractivity (Wildman–Crippen MR) is 80.5 cm³/mol. The molecular weight excluding hydrogens is 291 g/mol. The van der Waals surface area contributed by atoms with Crippen molar-refractivity contribution in [1.82, 2.24) is 0 Å². The van der Waals surface area contributed by atoms with Crippen LogP contribution in [0.2, 0.25) is 5.02 Å². The van der Waals surface area contributed by atoms with Gasteiger partial charge in [-0.2, -0.15) is 0 Å². The van der Waals surface area contributed by atoms with E-state index in [1.54, 1.807) is 12.1 Å². The van der Waals surface area contributed by atoms with Gasteiger partial charge in [-0.1, -0.05) is 23.7 Å². The average Bonchev–Trinajstić information content (AvgIpc) is 2.89. The van der Waals surface area contributed by atoms with E-state index >= 15 is 0 Å². The van der Waals surface area contributed by atoms with Crippen molar-refractivity contribution in [2.75, 3.05) is 6.61 Å². The monoisotopic (exact) mass is 306 g/mol. The number of halogens is 2. The molecule has 1 atom stereocenters. The standard InChI is InChI=1S/C17H16ClFO2/c18-14-8-12-5-6-21-17(12)13(9-14)10-16(20)7-11-1-3-15(19)4-2-11/h1-4,8-9,16,20H,5-7,10H2. The van der Waals surface area contributed by atoms with Crippen molar-refractivity contribution in [3.8, 4) is 5.75 Å². The minimum atomic E-state index is -0.553. The number of benzene rings is 2. The fraction of sp³-hybridized carbons (Fsp3) is 0.294. The summed E-state index contributed by atoms with van der Waals surface area (Å²) < 4.78 is 18.5. The summed E-state index contributed by atoms with van der Waals surface area (Å²) >= 11 is 6.11. The molecule has 0 aliphatic carbocycles. The van der Waals surface area contributed by atoms with Gasteiger partial charge in [0, 0.05) is 17.9 Å². The molecule has 21 heavy (non-hydrogen) atoms. The lowest BCUT2D eigenvalue weighted by Gasteiger charge is -2.14. The average molecular weight is 307 g/mol. The second kappa shape index (κ2) is 6.04. The molecule has 0 saturated heterocycles. The van der Waals surface area contributed by atoms with Crippen LogP contribution in [0.1, 0.15) is 16.7 Å². The first-order chi connectivity index (χ1) is 10.1. The molecule has 0 saturated carbocycles. The highest BCUT2D eigenvalue weighted by Crippen LogP contribution is 2.33. The second-order valence-corrected chi connectivity index (χ2v) is 5.78. The summed E-state index contributed by atoms with van der Waals surface area (Å²) in [4.78, 5) is 0. The van der Waals surface area contributed by atoms with Crippen LogP contribution in [-0.2, 0) is 19.3 Å². The number of ether oxygens (including phenoxy) is 1. The molecule has 1 aliphatic rings. The smallest absolute Gasteiger partial charge is 0.126 e. The number of rotatable bonds is 4. The van der Waals surface area contributed by atoms with Gasteiger partial charge >= 0.3 is 0 Å². The van der Waals surface area contributed by atoms with Crippen molar-refractivity contribution < 1.29 is 14.2 Å². The summed E-state index contributed by atoms with van der Waals surface area (Å²) in [6, 6.07) is 9.96. The van der Waals surface area contributed by atoms with Gasteiger partial charge in [-0.25, -0.2) is 4.39 Å². The first-order valence-corrected chi connectivity index (χ1v) is 7.36. The van der Waals surface area contributed by atoms with Gasteiger partial charge in [0.15, 0.2) is 0 Å². The van der Waals surface area contributed by atoms with E-state index in [1.807, 2.05) is 12.1 Å². The molecule has 2 aromatic rings. The fourth-order valence-corrected chi connectivity index (χ4v) is 2.98. The molecule has 0 spiro atoms. The van der Waals surface area contributed by atoms with Gasteiger partial charge in [-0.15, -0.1) is 0 Å². The third kappa shape index (κ3) is 3.36. The van der Waals surface area contributed by atoms with Crippen molar-refractivity contribution >= 4 is 11.6 Å². The topological polar surface area (TPSA) is 29.5 Å². The minimum Gasteiger partial charge on any atom is -0.493 e. The Bertz CT molecular complexity index is 640. The van der Waals surface area contributed by atoms with Crippen LogP contribution in [0.15, 0.2) is 36.4 Å². The van der Waals surface area contributed by atoms with Gasteiger partial charge < -0.3 is 9.84 Å². The molecule has 110 valence electrons. The van der Waals surface area contributed by atoms with Crippen LogP contribution in [0.5, 0.6) is 5.75 Å². The number of fused-ring (bicyclic) bond motifs is 1. The van der Waals surface area contributed by atoms with Crippen LogP contribution in [0.25, 0.3) is 0 Å². The zero-order valence-electron chi connectivity index (χ0n) is 11.5. The van der Waals surface area contributed by atoms with Crippen LogP contribution in [0, 0.1) is 5.82 Å². The highest BCUT2D eigenvalue weighted by atomic mass is 35.5. The van der Waals surface area contributed by atoms with E-state index in [0.29, 0.717) is 24.5 Å². The molecule has 0 fully saturated rings. The van der Waals surface area contributed by atoms with Gasteiger partial charge in [0.25, 0.3) is 0 Å². The van der Waals surface area contributed by atoms with E-state index in [1.165, 1.54) is 12.1 Å². The molecule has 1 unspecified atom stereocenters. The summed E-state index contributed by atoms with van der Waals surface area (Å²) in [5.74, 6) is 0.590. The van der Waals surface area contributed by atoms with Gasteiger partial charge in [0.2, 0.25) is 0 Å². The Morgan fingerprint density at radius 2 is 1.95 bits per heavy atom. The maximum Gasteiger partial charge on any atom is 0.126 e. The van der Waals surface area contributed by atoms with E-state index < -0.39 is 6.10 Å². The molecule has 2 nitrogen and oxygen atoms in total. The molecule has 1 aliphatic heterocycles. The normalized spacial score (nSPS) is 14.6. The minimum absolute atomic E-state index is 0.269. The summed E-state index contributed by atoms with van der Waals surface area (Å²) in [5.41, 5.74) is 2.94. The molecule has 3 rings (SSSR count). The van der Waals surface area contributed by atoms with Crippen molar-refractivity contribution in [2.24, 2.45) is 0 Å². The Labute approximate surface area is 128 Å². The van der Waals surface area contributed by atoms with E-state index in [4.69, 9.17) is 16.3 Å². The highest BCUT2D eigenvalue weighted by molar-refractivity contribution is 6.30. The highest BCUT2D eigenvalue weighted by Gasteiger charge is 2.19. The van der Waals surface area contributed by atoms with Gasteiger partial charge in [-0.05, 0) is 47.4 Å². The third-order valence-electron chi connectivity index (χ3n) is 3.67. The van der Waals surface area contributed by atoms with E-state index in [2.05, 4.69) is 0 Å². The molecule has 4 heteroatoms. The Morgan fingerprint density at radius 3 is 2.71 bits per heavy atom. The quantitative estimate of drug-likeness (QED) is 0.936. The lowest BCUT2D eigenvalue weighted by Crippen LogP contribution is -2.14. The predicted octanol–water partition coefficient (Wildman–Crippen LogP) is 3.56. The van der Waals surface area contributed by atoms with Crippen LogP contribution < -0.4 is 4.74 Å². The number of hydrogen-bond donors (Lipinski definition) is 1. The van der Waals surface area contributed by atoms with Crippen LogP contribution >= 0.6 is 11.6 Å². The van der Waals surface area contributed by atoms with Gasteiger partial charge in [0.05, 0.1) is 12.7 Å². The summed E-state index contributed by atoms with van der Waals surface area (Å²) in [7, 11) is 0. The first kappa shape index (κ1) is 14.4. The molecule has 0 aromatic heterocycles. The Balaban J connectivity index is 1.73. The molecule has 0 bridgehead atoms. The number of aliphatic hydroxyl groups is 1. The fourth-order valence-electron chi connectivity index (χ4n) is 2.72. The lowest BCUT2D eigenvalue weighted by molar-refractivity contribution is 0.174. The molecule has 1 heterocycles. The van der Waals surface area contributed by atoms with Crippen LogP contribution in [-0.4, -0.2) is 17.8 Å². The molecule has 2 aromatic carbocycles. The molecule has 0 amide bonds. The third-order valence-corrected chi connectivity index (χ3v) is 3.88. The largest absolute Gasteiger partial charge is 0.493 e. The summed E-state index contributed by atoms with van der Waals surface area (Å²) in [6.07, 6.45) is 1.25. The zero-order valence-corrected chi connectivity index (χ0v) is 12.2. The van der Waals surface area contributed by atoms with Crippen LogP contribution in [0.3, 0.4) is 0 Å². The SMILES string of the molecule is OC(Cc1ccc(F)cc1)Cc1cc(Cl)cc2c1OCC2. The summed E-state index contributed by atoms with van der Waals surface area (Å²) in [6.45, 7) is 0.663. The van der Waals surface area contributed by atoms with E-state index in [9.17, 15) is 9.50 Å². The van der Waals surface area contributed by atoms with E-state index in [-0.39, 0.29) is 5.82 Å². The Hall–Kier alpha value is -1.58. The zero-order chi connectivity index (χ0) is 14.8.